The first-order valence-corrected chi connectivity index (χ1v) is 8.76. The largest absolute Gasteiger partial charge is 0.380 e. The first kappa shape index (κ1) is 20.7. The summed E-state index contributed by atoms with van der Waals surface area (Å²) in [5.41, 5.74) is 1.01. The second-order valence-corrected chi connectivity index (χ2v) is 6.18. The Morgan fingerprint density at radius 3 is 1.54 bits per heavy atom. The van der Waals surface area contributed by atoms with E-state index in [2.05, 4.69) is 18.7 Å². The number of hydrogen-bond donors (Lipinski definition) is 1. The lowest BCUT2D eigenvalue weighted by molar-refractivity contribution is 0.0572. The minimum atomic E-state index is -0.928. The molecule has 132 valence electrons. The van der Waals surface area contributed by atoms with Gasteiger partial charge in [0.25, 0.3) is 0 Å². The maximum absolute atomic E-state index is 11.5. The molecule has 3 heteroatoms. The summed E-state index contributed by atoms with van der Waals surface area (Å²) >= 11 is 0. The highest BCUT2D eigenvalue weighted by Gasteiger charge is 2.31. The smallest absolute Gasteiger partial charge is 0.116 e. The Morgan fingerprint density at radius 2 is 1.17 bits per heavy atom. The molecule has 0 heterocycles. The van der Waals surface area contributed by atoms with E-state index in [0.717, 1.165) is 43.6 Å². The number of nitrogens with zero attached hydrogens (tertiary/aromatic N) is 1. The summed E-state index contributed by atoms with van der Waals surface area (Å²) in [5.74, 6) is 0. The minimum absolute atomic E-state index is 0. The van der Waals surface area contributed by atoms with Crippen molar-refractivity contribution in [2.24, 2.45) is 0 Å². The summed E-state index contributed by atoms with van der Waals surface area (Å²) in [4.78, 5) is 2.46. The number of benzene rings is 2. The number of halogens is 1. The van der Waals surface area contributed by atoms with Crippen molar-refractivity contribution in [3.63, 3.8) is 0 Å². The van der Waals surface area contributed by atoms with Gasteiger partial charge >= 0.3 is 0 Å². The summed E-state index contributed by atoms with van der Waals surface area (Å²) in [6.45, 7) is 7.51. The van der Waals surface area contributed by atoms with Crippen LogP contribution in [0, 0.1) is 0 Å². The van der Waals surface area contributed by atoms with Gasteiger partial charge in [-0.1, -0.05) is 74.5 Å². The standard InChI is InChI=1S/C21H29NO.ClH/c1-3-16-22(17-4-2)18-15-21(23,19-11-7-5-8-12-19)20-13-9-6-10-14-20;/h5-14,23H,3-4,15-18H2,1-2H3;1H. The Bertz CT molecular complexity index is 513. The molecule has 0 aromatic heterocycles. The molecule has 0 aliphatic carbocycles. The average molecular weight is 348 g/mol. The lowest BCUT2D eigenvalue weighted by Gasteiger charge is -2.32. The van der Waals surface area contributed by atoms with Crippen molar-refractivity contribution >= 4 is 12.4 Å². The minimum Gasteiger partial charge on any atom is -0.380 e. The molecule has 0 aliphatic heterocycles. The topological polar surface area (TPSA) is 23.5 Å². The molecular formula is C21H30ClNO. The molecule has 2 aromatic carbocycles. The van der Waals surface area contributed by atoms with Gasteiger partial charge in [-0.3, -0.25) is 0 Å². The zero-order chi connectivity index (χ0) is 16.5. The normalized spacial score (nSPS) is 11.3. The second kappa shape index (κ2) is 10.5. The average Bonchev–Trinajstić information content (AvgIpc) is 2.61. The van der Waals surface area contributed by atoms with Crippen LogP contribution in [0.4, 0.5) is 0 Å². The molecule has 0 atom stereocenters. The number of aliphatic hydroxyl groups is 1. The molecule has 2 nitrogen and oxygen atoms in total. The molecule has 0 saturated heterocycles. The zero-order valence-electron chi connectivity index (χ0n) is 14.8. The highest BCUT2D eigenvalue weighted by Crippen LogP contribution is 2.33. The van der Waals surface area contributed by atoms with Crippen molar-refractivity contribution in [1.29, 1.82) is 0 Å². The number of hydrogen-bond acceptors (Lipinski definition) is 2. The van der Waals surface area contributed by atoms with E-state index in [9.17, 15) is 5.11 Å². The van der Waals surface area contributed by atoms with Gasteiger partial charge in [0.15, 0.2) is 0 Å². The van der Waals surface area contributed by atoms with E-state index < -0.39 is 5.60 Å². The number of rotatable bonds is 9. The molecule has 0 aliphatic rings. The van der Waals surface area contributed by atoms with E-state index in [1.165, 1.54) is 0 Å². The van der Waals surface area contributed by atoms with Crippen molar-refractivity contribution in [1.82, 2.24) is 4.90 Å². The quantitative estimate of drug-likeness (QED) is 0.700. The molecule has 0 fully saturated rings. The molecule has 2 rings (SSSR count). The van der Waals surface area contributed by atoms with Crippen molar-refractivity contribution < 1.29 is 5.11 Å². The van der Waals surface area contributed by atoms with Gasteiger partial charge in [-0.05, 0) is 43.5 Å². The Labute approximate surface area is 152 Å². The molecule has 24 heavy (non-hydrogen) atoms. The summed E-state index contributed by atoms with van der Waals surface area (Å²) in [7, 11) is 0. The van der Waals surface area contributed by atoms with Crippen LogP contribution in [0.3, 0.4) is 0 Å². The Kier molecular flexibility index (Phi) is 9.05. The van der Waals surface area contributed by atoms with Crippen LogP contribution in [0.1, 0.15) is 44.2 Å². The van der Waals surface area contributed by atoms with Crippen LogP contribution in [0.5, 0.6) is 0 Å². The van der Waals surface area contributed by atoms with Crippen LogP contribution in [-0.2, 0) is 5.60 Å². The summed E-state index contributed by atoms with van der Waals surface area (Å²) in [6, 6.07) is 20.1. The third kappa shape index (κ3) is 5.34. The van der Waals surface area contributed by atoms with Crippen LogP contribution in [0.2, 0.25) is 0 Å². The molecular weight excluding hydrogens is 318 g/mol. The van der Waals surface area contributed by atoms with Gasteiger partial charge in [0.1, 0.15) is 5.60 Å². The monoisotopic (exact) mass is 347 g/mol. The van der Waals surface area contributed by atoms with Crippen molar-refractivity contribution in [2.75, 3.05) is 19.6 Å². The van der Waals surface area contributed by atoms with Gasteiger partial charge < -0.3 is 10.0 Å². The maximum atomic E-state index is 11.5. The van der Waals surface area contributed by atoms with E-state index in [1.807, 2.05) is 60.7 Å². The summed E-state index contributed by atoms with van der Waals surface area (Å²) < 4.78 is 0. The molecule has 2 aromatic rings. The van der Waals surface area contributed by atoms with Gasteiger partial charge in [-0.25, -0.2) is 0 Å². The molecule has 0 unspecified atom stereocenters. The Balaban J connectivity index is 0.00000288. The molecule has 0 saturated carbocycles. The van der Waals surface area contributed by atoms with Crippen molar-refractivity contribution in [3.05, 3.63) is 71.8 Å². The lowest BCUT2D eigenvalue weighted by atomic mass is 9.83. The lowest BCUT2D eigenvalue weighted by Crippen LogP contribution is -2.35. The van der Waals surface area contributed by atoms with E-state index in [0.29, 0.717) is 6.42 Å². The van der Waals surface area contributed by atoms with Crippen LogP contribution >= 0.6 is 12.4 Å². The van der Waals surface area contributed by atoms with Crippen LogP contribution < -0.4 is 0 Å². The first-order valence-electron chi connectivity index (χ1n) is 8.76. The first-order chi connectivity index (χ1) is 11.2. The fourth-order valence-corrected chi connectivity index (χ4v) is 3.17. The van der Waals surface area contributed by atoms with Gasteiger partial charge in [0.05, 0.1) is 0 Å². The van der Waals surface area contributed by atoms with Crippen molar-refractivity contribution in [3.8, 4) is 0 Å². The van der Waals surface area contributed by atoms with Gasteiger partial charge in [0.2, 0.25) is 0 Å². The van der Waals surface area contributed by atoms with Gasteiger partial charge in [-0.15, -0.1) is 12.4 Å². The van der Waals surface area contributed by atoms with E-state index in [-0.39, 0.29) is 12.4 Å². The van der Waals surface area contributed by atoms with Crippen LogP contribution in [0.15, 0.2) is 60.7 Å². The van der Waals surface area contributed by atoms with Gasteiger partial charge in [-0.2, -0.15) is 0 Å². The third-order valence-electron chi connectivity index (χ3n) is 4.37. The molecule has 0 spiro atoms. The van der Waals surface area contributed by atoms with E-state index in [4.69, 9.17) is 0 Å². The van der Waals surface area contributed by atoms with Gasteiger partial charge in [0, 0.05) is 6.54 Å². The predicted molar refractivity (Wildman–Crippen MR) is 105 cm³/mol. The SMILES string of the molecule is CCCN(CCC)CCC(O)(c1ccccc1)c1ccccc1.Cl. The van der Waals surface area contributed by atoms with E-state index in [1.54, 1.807) is 0 Å². The molecule has 0 amide bonds. The Morgan fingerprint density at radius 1 is 0.750 bits per heavy atom. The maximum Gasteiger partial charge on any atom is 0.116 e. The highest BCUT2D eigenvalue weighted by molar-refractivity contribution is 5.85. The summed E-state index contributed by atoms with van der Waals surface area (Å²) in [6.07, 6.45) is 3.01. The van der Waals surface area contributed by atoms with Crippen LogP contribution in [-0.4, -0.2) is 29.6 Å². The fourth-order valence-electron chi connectivity index (χ4n) is 3.17. The zero-order valence-corrected chi connectivity index (χ0v) is 15.6. The highest BCUT2D eigenvalue weighted by atomic mass is 35.5. The molecule has 0 radical (unpaired) electrons. The van der Waals surface area contributed by atoms with Crippen molar-refractivity contribution in [2.45, 2.75) is 38.7 Å². The fraction of sp³-hybridized carbons (Fsp3) is 0.429. The molecule has 1 N–H and O–H groups in total. The molecule has 0 bridgehead atoms. The predicted octanol–water partition coefficient (Wildman–Crippen LogP) is 4.86. The second-order valence-electron chi connectivity index (χ2n) is 6.18. The third-order valence-corrected chi connectivity index (χ3v) is 4.37. The van der Waals surface area contributed by atoms with Crippen LogP contribution in [0.25, 0.3) is 0 Å². The summed E-state index contributed by atoms with van der Waals surface area (Å²) in [5, 5.41) is 11.5. The Hall–Kier alpha value is -1.35. The van der Waals surface area contributed by atoms with E-state index >= 15 is 0 Å².